The summed E-state index contributed by atoms with van der Waals surface area (Å²) in [6.07, 6.45) is 12.0. The fourth-order valence-corrected chi connectivity index (χ4v) is 6.94. The van der Waals surface area contributed by atoms with Crippen LogP contribution in [0.3, 0.4) is 0 Å². The molecule has 0 aromatic carbocycles. The molecule has 0 aromatic rings. The molecule has 1 saturated carbocycles. The maximum atomic E-state index is 12.2. The summed E-state index contributed by atoms with van der Waals surface area (Å²) in [5.74, 6) is 2.35. The van der Waals surface area contributed by atoms with Crippen LogP contribution in [0.4, 0.5) is 0 Å². The van der Waals surface area contributed by atoms with Crippen LogP contribution in [0.1, 0.15) is 64.7 Å². The molecule has 0 aromatic heterocycles. The molecule has 2 N–H and O–H groups in total. The monoisotopic (exact) mass is 459 g/mol. The summed E-state index contributed by atoms with van der Waals surface area (Å²) in [5.41, 5.74) is 0.131. The lowest BCUT2D eigenvalue weighted by Gasteiger charge is -2.46. The molecule has 1 aliphatic carbocycles. The van der Waals surface area contributed by atoms with E-state index in [1.165, 1.54) is 32.8 Å². The van der Waals surface area contributed by atoms with E-state index in [0.29, 0.717) is 17.4 Å². The Hall–Kier alpha value is -1.83. The van der Waals surface area contributed by atoms with Gasteiger partial charge >= 0.3 is 5.97 Å². The van der Waals surface area contributed by atoms with Gasteiger partial charge in [0.25, 0.3) is 0 Å². The maximum Gasteiger partial charge on any atom is 0.345 e. The van der Waals surface area contributed by atoms with E-state index in [2.05, 4.69) is 17.9 Å². The molecule has 0 unspecified atom stereocenters. The zero-order valence-corrected chi connectivity index (χ0v) is 19.8. The van der Waals surface area contributed by atoms with Crippen LogP contribution in [0.25, 0.3) is 0 Å². The third kappa shape index (κ3) is 4.02. The Morgan fingerprint density at radius 1 is 1.18 bits per heavy atom. The summed E-state index contributed by atoms with van der Waals surface area (Å²) in [6.45, 7) is 2.62. The van der Waals surface area contributed by atoms with Gasteiger partial charge in [0, 0.05) is 30.5 Å². The number of esters is 1. The first-order valence-corrected chi connectivity index (χ1v) is 12.7. The minimum Gasteiger partial charge on any atom is -0.492 e. The Balaban J connectivity index is 1.41. The molecule has 7 heteroatoms. The normalized spacial score (nSPS) is 36.1. The van der Waals surface area contributed by atoms with Gasteiger partial charge in [0.15, 0.2) is 11.5 Å². The van der Waals surface area contributed by atoms with Crippen LogP contribution >= 0.6 is 0 Å². The van der Waals surface area contributed by atoms with Crippen molar-refractivity contribution in [3.63, 3.8) is 0 Å². The Kier molecular flexibility index (Phi) is 6.56. The van der Waals surface area contributed by atoms with E-state index in [-0.39, 0.29) is 41.4 Å². The third-order valence-corrected chi connectivity index (χ3v) is 8.51. The minimum absolute atomic E-state index is 0.00133. The number of carbonyl (C=O) groups excluding carboxylic acids is 1. The van der Waals surface area contributed by atoms with Crippen molar-refractivity contribution in [2.45, 2.75) is 82.9 Å². The molecule has 5 atom stereocenters. The highest BCUT2D eigenvalue weighted by molar-refractivity contribution is 5.94. The van der Waals surface area contributed by atoms with Gasteiger partial charge in [0.1, 0.15) is 11.3 Å². The lowest BCUT2D eigenvalue weighted by atomic mass is 9.79. The number of piperidine rings is 1. The molecule has 7 nitrogen and oxygen atoms in total. The zero-order chi connectivity index (χ0) is 23.1. The van der Waals surface area contributed by atoms with Crippen molar-refractivity contribution in [2.24, 2.45) is 17.8 Å². The van der Waals surface area contributed by atoms with Gasteiger partial charge in [-0.05, 0) is 37.7 Å². The highest BCUT2D eigenvalue weighted by Crippen LogP contribution is 2.49. The van der Waals surface area contributed by atoms with E-state index >= 15 is 0 Å². The number of allylic oxidation sites excluding steroid dienone is 1. The first kappa shape index (κ1) is 22.9. The van der Waals surface area contributed by atoms with E-state index in [0.717, 1.165) is 44.4 Å². The van der Waals surface area contributed by atoms with Gasteiger partial charge in [-0.2, -0.15) is 0 Å². The van der Waals surface area contributed by atoms with Crippen LogP contribution in [0, 0.1) is 17.8 Å². The van der Waals surface area contributed by atoms with Crippen molar-refractivity contribution >= 4 is 5.97 Å². The lowest BCUT2D eigenvalue weighted by Crippen LogP contribution is -2.55. The van der Waals surface area contributed by atoms with E-state index in [1.54, 1.807) is 0 Å². The zero-order valence-electron chi connectivity index (χ0n) is 19.8. The first-order valence-electron chi connectivity index (χ1n) is 12.7. The van der Waals surface area contributed by atoms with Gasteiger partial charge in [-0.25, -0.2) is 4.79 Å². The fourth-order valence-electron chi connectivity index (χ4n) is 6.94. The van der Waals surface area contributed by atoms with Gasteiger partial charge in [0.2, 0.25) is 5.76 Å². The van der Waals surface area contributed by atoms with Crippen LogP contribution in [-0.4, -0.2) is 59.5 Å². The van der Waals surface area contributed by atoms with Crippen LogP contribution in [0.2, 0.25) is 0 Å². The number of hydrogen-bond donors (Lipinski definition) is 2. The van der Waals surface area contributed by atoms with E-state index in [1.807, 2.05) is 0 Å². The molecule has 0 amide bonds. The Morgan fingerprint density at radius 2 is 1.97 bits per heavy atom. The Bertz CT molecular complexity index is 870. The maximum absolute atomic E-state index is 12.2. The second-order valence-corrected chi connectivity index (χ2v) is 10.3. The fraction of sp³-hybridized carbons (Fsp3) is 0.731. The number of methoxy groups -OCH3 is 1. The lowest BCUT2D eigenvalue weighted by molar-refractivity contribution is -0.133. The van der Waals surface area contributed by atoms with Crippen molar-refractivity contribution in [1.82, 2.24) is 4.90 Å². The van der Waals surface area contributed by atoms with Gasteiger partial charge in [-0.3, -0.25) is 4.90 Å². The quantitative estimate of drug-likeness (QED) is 0.610. The predicted molar refractivity (Wildman–Crippen MR) is 121 cm³/mol. The highest BCUT2D eigenvalue weighted by Gasteiger charge is 2.50. The molecule has 3 fully saturated rings. The summed E-state index contributed by atoms with van der Waals surface area (Å²) in [5, 5.41) is 20.8. The molecular weight excluding hydrogens is 422 g/mol. The van der Waals surface area contributed by atoms with Crippen LogP contribution in [0.5, 0.6) is 0 Å². The molecule has 33 heavy (non-hydrogen) atoms. The standard InChI is InChI=1S/C26H37NO6/c1-15-22-19-10-5-9-18(20(29)13-16-7-3-4-8-16)27(19)12-6-11-21(22)32-23(15)25-24(31-2)17(14-28)26(30)33-25/h11,15-16,18-20,22,28-29H,3-10,12-14H2,1-2H3/t15-,18-,19-,20-,22+/m0/s1. The SMILES string of the molecule is COC1=C(CO)C(=O)OC1=C1OC2=CCCN3[C@@H](CCC[C@H]3[C@@H](O)CC3CCCC3)[C@H]2[C@@H]1C. The number of aliphatic hydroxyl groups excluding tert-OH is 2. The summed E-state index contributed by atoms with van der Waals surface area (Å²) >= 11 is 0. The average molecular weight is 460 g/mol. The summed E-state index contributed by atoms with van der Waals surface area (Å²) in [6, 6.07) is 0.481. The Morgan fingerprint density at radius 3 is 2.70 bits per heavy atom. The molecular formula is C26H37NO6. The molecule has 0 bridgehead atoms. The van der Waals surface area contributed by atoms with Crippen molar-refractivity contribution in [3.05, 3.63) is 34.7 Å². The molecule has 5 rings (SSSR count). The smallest absolute Gasteiger partial charge is 0.345 e. The Labute approximate surface area is 196 Å². The van der Waals surface area contributed by atoms with Crippen molar-refractivity contribution in [1.29, 1.82) is 0 Å². The van der Waals surface area contributed by atoms with Crippen LogP contribution in [0.15, 0.2) is 34.7 Å². The molecule has 0 radical (unpaired) electrons. The van der Waals surface area contributed by atoms with E-state index < -0.39 is 12.6 Å². The largest absolute Gasteiger partial charge is 0.492 e. The van der Waals surface area contributed by atoms with Gasteiger partial charge in [0.05, 0.1) is 19.8 Å². The second kappa shape index (κ2) is 9.43. The van der Waals surface area contributed by atoms with Crippen molar-refractivity contribution < 1.29 is 29.2 Å². The molecule has 4 aliphatic heterocycles. The topological polar surface area (TPSA) is 88.5 Å². The number of rotatable bonds is 5. The summed E-state index contributed by atoms with van der Waals surface area (Å²) in [7, 11) is 1.48. The summed E-state index contributed by atoms with van der Waals surface area (Å²) < 4.78 is 17.3. The predicted octanol–water partition coefficient (Wildman–Crippen LogP) is 3.38. The number of carbonyl (C=O) groups is 1. The number of aliphatic hydroxyl groups is 2. The number of hydrogen-bond acceptors (Lipinski definition) is 7. The average Bonchev–Trinajstić information content (AvgIpc) is 3.48. The van der Waals surface area contributed by atoms with Crippen molar-refractivity contribution in [2.75, 3.05) is 20.3 Å². The number of fused-ring (bicyclic) bond motifs is 3. The number of nitrogens with zero attached hydrogens (tertiary/aromatic N) is 1. The van der Waals surface area contributed by atoms with E-state index in [9.17, 15) is 15.0 Å². The molecule has 0 spiro atoms. The second-order valence-electron chi connectivity index (χ2n) is 10.3. The molecule has 2 saturated heterocycles. The van der Waals surface area contributed by atoms with Gasteiger partial charge < -0.3 is 24.4 Å². The van der Waals surface area contributed by atoms with Crippen LogP contribution < -0.4 is 0 Å². The minimum atomic E-state index is -0.580. The number of ether oxygens (including phenoxy) is 3. The molecule has 182 valence electrons. The van der Waals surface area contributed by atoms with Crippen LogP contribution in [-0.2, 0) is 19.0 Å². The van der Waals surface area contributed by atoms with Crippen molar-refractivity contribution in [3.8, 4) is 0 Å². The van der Waals surface area contributed by atoms with Gasteiger partial charge in [-0.15, -0.1) is 0 Å². The molecule has 5 aliphatic rings. The van der Waals surface area contributed by atoms with E-state index in [4.69, 9.17) is 14.2 Å². The highest BCUT2D eigenvalue weighted by atomic mass is 16.6. The summed E-state index contributed by atoms with van der Waals surface area (Å²) in [4.78, 5) is 14.8. The number of cyclic esters (lactones) is 1. The van der Waals surface area contributed by atoms with Gasteiger partial charge in [-0.1, -0.05) is 39.0 Å². The third-order valence-electron chi connectivity index (χ3n) is 8.51. The first-order chi connectivity index (χ1) is 16.0. The molecule has 4 heterocycles.